The van der Waals surface area contributed by atoms with Crippen molar-refractivity contribution in [2.45, 2.75) is 32.5 Å². The van der Waals surface area contributed by atoms with Gasteiger partial charge in [0.25, 0.3) is 0 Å². The van der Waals surface area contributed by atoms with Crippen LogP contribution in [0.3, 0.4) is 0 Å². The number of benzene rings is 1. The molecule has 0 amide bonds. The number of ether oxygens (including phenoxy) is 2. The molecule has 1 aromatic rings. The van der Waals surface area contributed by atoms with E-state index < -0.39 is 12.1 Å². The van der Waals surface area contributed by atoms with Crippen molar-refractivity contribution in [3.63, 3.8) is 0 Å². The van der Waals surface area contributed by atoms with Crippen molar-refractivity contribution < 1.29 is 24.5 Å². The molecular formula is C13H17BrO5. The van der Waals surface area contributed by atoms with E-state index in [1.807, 2.05) is 6.92 Å². The minimum atomic E-state index is -1.01. The van der Waals surface area contributed by atoms with Gasteiger partial charge in [-0.05, 0) is 40.0 Å². The van der Waals surface area contributed by atoms with Gasteiger partial charge in [-0.2, -0.15) is 0 Å². The van der Waals surface area contributed by atoms with Gasteiger partial charge in [0.15, 0.2) is 17.6 Å². The number of rotatable bonds is 7. The normalized spacial score (nSPS) is 12.0. The first-order chi connectivity index (χ1) is 9.03. The molecule has 0 aliphatic heterocycles. The summed E-state index contributed by atoms with van der Waals surface area (Å²) < 4.78 is 11.2. The van der Waals surface area contributed by atoms with E-state index in [0.29, 0.717) is 34.4 Å². The Balaban J connectivity index is 3.08. The third-order valence-corrected chi connectivity index (χ3v) is 3.15. The largest absolute Gasteiger partial charge is 0.493 e. The Morgan fingerprint density at radius 2 is 2.16 bits per heavy atom. The zero-order valence-electron chi connectivity index (χ0n) is 10.9. The molecule has 19 heavy (non-hydrogen) atoms. The summed E-state index contributed by atoms with van der Waals surface area (Å²) in [5.41, 5.74) is 0.651. The van der Waals surface area contributed by atoms with Gasteiger partial charge in [0.05, 0.1) is 18.2 Å². The van der Waals surface area contributed by atoms with Crippen molar-refractivity contribution in [1.82, 2.24) is 0 Å². The summed E-state index contributed by atoms with van der Waals surface area (Å²) in [6, 6.07) is 3.29. The number of hydrogen-bond donors (Lipinski definition) is 2. The van der Waals surface area contributed by atoms with Crippen molar-refractivity contribution in [3.8, 4) is 11.5 Å². The molecule has 1 atom stereocenters. The first-order valence-corrected chi connectivity index (χ1v) is 6.69. The van der Waals surface area contributed by atoms with Crippen molar-refractivity contribution in [1.29, 1.82) is 0 Å². The van der Waals surface area contributed by atoms with Gasteiger partial charge >= 0.3 is 5.97 Å². The number of carbonyl (C=O) groups is 1. The number of halogens is 1. The van der Waals surface area contributed by atoms with Crippen LogP contribution in [-0.4, -0.2) is 29.4 Å². The molecule has 0 bridgehead atoms. The molecule has 0 radical (unpaired) electrons. The summed E-state index contributed by atoms with van der Waals surface area (Å²) in [5.74, 6) is -0.289. The predicted molar refractivity (Wildman–Crippen MR) is 73.6 cm³/mol. The Labute approximate surface area is 120 Å². The Kier molecular flexibility index (Phi) is 6.11. The summed E-state index contributed by atoms with van der Waals surface area (Å²) in [6.45, 7) is 1.76. The molecule has 1 aromatic carbocycles. The van der Waals surface area contributed by atoms with Crippen LogP contribution in [0.2, 0.25) is 0 Å². The summed E-state index contributed by atoms with van der Waals surface area (Å²) in [5, 5.41) is 18.2. The van der Waals surface area contributed by atoms with E-state index in [4.69, 9.17) is 19.7 Å². The molecule has 0 aromatic heterocycles. The second-order valence-electron chi connectivity index (χ2n) is 4.00. The van der Waals surface area contributed by atoms with Crippen LogP contribution in [0.5, 0.6) is 11.5 Å². The second-order valence-corrected chi connectivity index (χ2v) is 4.85. The number of aliphatic carboxylic acids is 1. The molecule has 106 valence electrons. The van der Waals surface area contributed by atoms with Gasteiger partial charge in [0, 0.05) is 0 Å². The molecule has 0 heterocycles. The highest BCUT2D eigenvalue weighted by atomic mass is 79.9. The quantitative estimate of drug-likeness (QED) is 0.802. The summed E-state index contributed by atoms with van der Waals surface area (Å²) in [7, 11) is 1.46. The molecule has 0 spiro atoms. The van der Waals surface area contributed by atoms with Crippen LogP contribution >= 0.6 is 15.9 Å². The van der Waals surface area contributed by atoms with Crippen molar-refractivity contribution >= 4 is 21.9 Å². The lowest BCUT2D eigenvalue weighted by Crippen LogP contribution is -2.27. The maximum atomic E-state index is 11.1. The lowest BCUT2D eigenvalue weighted by Gasteiger charge is -2.18. The number of methoxy groups -OCH3 is 1. The maximum absolute atomic E-state index is 11.1. The van der Waals surface area contributed by atoms with Crippen LogP contribution in [0, 0.1) is 0 Å². The monoisotopic (exact) mass is 332 g/mol. The van der Waals surface area contributed by atoms with Crippen molar-refractivity contribution in [3.05, 3.63) is 22.2 Å². The molecule has 0 saturated heterocycles. The minimum absolute atomic E-state index is 0.132. The molecule has 5 nitrogen and oxygen atoms in total. The van der Waals surface area contributed by atoms with Gasteiger partial charge in [-0.15, -0.1) is 0 Å². The molecule has 0 fully saturated rings. The molecule has 0 saturated carbocycles. The molecular weight excluding hydrogens is 316 g/mol. The minimum Gasteiger partial charge on any atom is -0.493 e. The van der Waals surface area contributed by atoms with Crippen LogP contribution in [-0.2, 0) is 11.4 Å². The van der Waals surface area contributed by atoms with Crippen LogP contribution in [0.1, 0.15) is 25.3 Å². The fourth-order valence-corrected chi connectivity index (χ4v) is 2.20. The number of carboxylic acid groups (broad SMARTS) is 1. The first-order valence-electron chi connectivity index (χ1n) is 5.90. The summed E-state index contributed by atoms with van der Waals surface area (Å²) >= 11 is 3.30. The number of aliphatic hydroxyl groups excluding tert-OH is 1. The predicted octanol–water partition coefficient (Wildman–Crippen LogP) is 2.58. The van der Waals surface area contributed by atoms with Gasteiger partial charge in [0.1, 0.15) is 0 Å². The third-order valence-electron chi connectivity index (χ3n) is 2.56. The highest BCUT2D eigenvalue weighted by Gasteiger charge is 2.22. The lowest BCUT2D eigenvalue weighted by atomic mass is 10.2. The topological polar surface area (TPSA) is 76.0 Å². The Bertz CT molecular complexity index is 447. The smallest absolute Gasteiger partial charge is 0.344 e. The summed E-state index contributed by atoms with van der Waals surface area (Å²) in [4.78, 5) is 11.1. The Hall–Kier alpha value is -1.27. The Morgan fingerprint density at radius 3 is 2.63 bits per heavy atom. The highest BCUT2D eigenvalue weighted by Crippen LogP contribution is 2.37. The van der Waals surface area contributed by atoms with Crippen LogP contribution in [0.15, 0.2) is 16.6 Å². The molecule has 2 N–H and O–H groups in total. The van der Waals surface area contributed by atoms with Gasteiger partial charge in [-0.1, -0.05) is 13.3 Å². The average molecular weight is 333 g/mol. The second kappa shape index (κ2) is 7.35. The first kappa shape index (κ1) is 15.8. The van der Waals surface area contributed by atoms with Gasteiger partial charge in [0.2, 0.25) is 0 Å². The van der Waals surface area contributed by atoms with Crippen LogP contribution in [0.4, 0.5) is 0 Å². The van der Waals surface area contributed by atoms with Crippen LogP contribution < -0.4 is 9.47 Å². The summed E-state index contributed by atoms with van der Waals surface area (Å²) in [6.07, 6.45) is 0.188. The number of hydrogen-bond acceptors (Lipinski definition) is 4. The molecule has 0 aliphatic carbocycles. The number of aliphatic hydroxyl groups is 1. The van der Waals surface area contributed by atoms with Crippen molar-refractivity contribution in [2.75, 3.05) is 7.11 Å². The zero-order valence-corrected chi connectivity index (χ0v) is 12.4. The van der Waals surface area contributed by atoms with Crippen LogP contribution in [0.25, 0.3) is 0 Å². The van der Waals surface area contributed by atoms with Crippen molar-refractivity contribution in [2.24, 2.45) is 0 Å². The van der Waals surface area contributed by atoms with Gasteiger partial charge < -0.3 is 19.7 Å². The third kappa shape index (κ3) is 4.11. The van der Waals surface area contributed by atoms with E-state index in [-0.39, 0.29) is 6.61 Å². The Morgan fingerprint density at radius 1 is 1.47 bits per heavy atom. The number of carboxylic acids is 1. The maximum Gasteiger partial charge on any atom is 0.344 e. The van der Waals surface area contributed by atoms with E-state index in [0.717, 1.165) is 0 Å². The fourth-order valence-electron chi connectivity index (χ4n) is 1.62. The molecule has 1 unspecified atom stereocenters. The zero-order chi connectivity index (χ0) is 14.4. The molecule has 1 rings (SSSR count). The van der Waals surface area contributed by atoms with E-state index in [9.17, 15) is 4.79 Å². The fraction of sp³-hybridized carbons (Fsp3) is 0.462. The van der Waals surface area contributed by atoms with E-state index >= 15 is 0 Å². The SMILES string of the molecule is CCCC(Oc1c(Br)cc(CO)cc1OC)C(=O)O. The van der Waals surface area contributed by atoms with E-state index in [2.05, 4.69) is 15.9 Å². The average Bonchev–Trinajstić information content (AvgIpc) is 2.39. The van der Waals surface area contributed by atoms with Gasteiger partial charge in [-0.3, -0.25) is 0 Å². The lowest BCUT2D eigenvalue weighted by molar-refractivity contribution is -0.145. The molecule has 6 heteroatoms. The van der Waals surface area contributed by atoms with E-state index in [1.54, 1.807) is 12.1 Å². The van der Waals surface area contributed by atoms with E-state index in [1.165, 1.54) is 7.11 Å². The highest BCUT2D eigenvalue weighted by molar-refractivity contribution is 9.10. The standard InChI is InChI=1S/C13H17BrO5/c1-3-4-10(13(16)17)19-12-9(14)5-8(7-15)6-11(12)18-2/h5-6,10,15H,3-4,7H2,1-2H3,(H,16,17). The van der Waals surface area contributed by atoms with Gasteiger partial charge in [-0.25, -0.2) is 4.79 Å². The molecule has 0 aliphatic rings.